The number of aryl methyl sites for hydroxylation is 2. The minimum atomic E-state index is -1.02. The zero-order chi connectivity index (χ0) is 22.6. The van der Waals surface area contributed by atoms with Crippen LogP contribution in [0.15, 0.2) is 35.7 Å². The van der Waals surface area contributed by atoms with Gasteiger partial charge in [0.2, 0.25) is 5.91 Å². The second-order valence-corrected chi connectivity index (χ2v) is 10.8. The smallest absolute Gasteiger partial charge is 0.275 e. The molecule has 5 nitrogen and oxygen atoms in total. The quantitative estimate of drug-likeness (QED) is 0.579. The number of benzene rings is 1. The monoisotopic (exact) mass is 449 g/mol. The second kappa shape index (κ2) is 7.77. The fourth-order valence-corrected chi connectivity index (χ4v) is 6.32. The first-order chi connectivity index (χ1) is 15.3. The third kappa shape index (κ3) is 3.27. The van der Waals surface area contributed by atoms with Crippen molar-refractivity contribution in [1.29, 1.82) is 0 Å². The van der Waals surface area contributed by atoms with Gasteiger partial charge in [0, 0.05) is 11.7 Å². The van der Waals surface area contributed by atoms with Gasteiger partial charge in [0.05, 0.1) is 16.8 Å². The van der Waals surface area contributed by atoms with Crippen LogP contribution in [0.4, 0.5) is 5.69 Å². The van der Waals surface area contributed by atoms with Gasteiger partial charge in [-0.2, -0.15) is 0 Å². The van der Waals surface area contributed by atoms with Gasteiger partial charge in [0.1, 0.15) is 11.2 Å². The molecule has 1 aliphatic carbocycles. The Bertz CT molecular complexity index is 1210. The summed E-state index contributed by atoms with van der Waals surface area (Å²) in [6.07, 6.45) is 4.51. The molecule has 1 aromatic carbocycles. The molecule has 2 amide bonds. The Hall–Kier alpha value is -2.60. The van der Waals surface area contributed by atoms with Crippen molar-refractivity contribution in [3.05, 3.63) is 52.5 Å². The summed E-state index contributed by atoms with van der Waals surface area (Å²) in [7, 11) is 0. The number of amides is 2. The summed E-state index contributed by atoms with van der Waals surface area (Å²) in [6.45, 7) is 8.65. The van der Waals surface area contributed by atoms with Crippen LogP contribution in [0.3, 0.4) is 0 Å². The van der Waals surface area contributed by atoms with Gasteiger partial charge in [-0.15, -0.1) is 11.3 Å². The average molecular weight is 450 g/mol. The van der Waals surface area contributed by atoms with E-state index >= 15 is 0 Å². The molecule has 5 rings (SSSR count). The molecule has 3 heterocycles. The van der Waals surface area contributed by atoms with Gasteiger partial charge in [-0.05, 0) is 68.7 Å². The van der Waals surface area contributed by atoms with Crippen molar-refractivity contribution in [2.45, 2.75) is 71.5 Å². The average Bonchev–Trinajstić information content (AvgIpc) is 3.34. The van der Waals surface area contributed by atoms with E-state index in [1.54, 1.807) is 16.2 Å². The van der Waals surface area contributed by atoms with Crippen LogP contribution in [-0.4, -0.2) is 28.0 Å². The molecule has 1 aliphatic heterocycles. The highest BCUT2D eigenvalue weighted by Gasteiger charge is 2.49. The Balaban J connectivity index is 1.61. The van der Waals surface area contributed by atoms with E-state index in [1.807, 2.05) is 55.0 Å². The van der Waals surface area contributed by atoms with Gasteiger partial charge < -0.3 is 9.88 Å². The van der Waals surface area contributed by atoms with E-state index in [-0.39, 0.29) is 17.9 Å². The number of carbonyl (C=O) groups excluding carboxylic acids is 2. The van der Waals surface area contributed by atoms with Crippen molar-refractivity contribution in [2.24, 2.45) is 5.92 Å². The number of thiophene rings is 1. The maximum absolute atomic E-state index is 13.9. The molecule has 0 bridgehead atoms. The van der Waals surface area contributed by atoms with Gasteiger partial charge in [-0.25, -0.2) is 0 Å². The summed E-state index contributed by atoms with van der Waals surface area (Å²) in [5.74, 6) is 0.282. The number of anilines is 1. The number of carbonyl (C=O) groups is 2. The fraction of sp³-hybridized carbons (Fsp3) is 0.462. The first-order valence-corrected chi connectivity index (χ1v) is 12.5. The Labute approximate surface area is 193 Å². The molecule has 168 valence electrons. The van der Waals surface area contributed by atoms with Crippen LogP contribution in [0.1, 0.15) is 61.1 Å². The summed E-state index contributed by atoms with van der Waals surface area (Å²) in [4.78, 5) is 29.6. The van der Waals surface area contributed by atoms with Crippen molar-refractivity contribution < 1.29 is 9.59 Å². The maximum atomic E-state index is 13.9. The van der Waals surface area contributed by atoms with Gasteiger partial charge in [-0.3, -0.25) is 14.5 Å². The number of rotatable bonds is 3. The minimum absolute atomic E-state index is 0.0627. The minimum Gasteiger partial charge on any atom is -0.351 e. The SMILES string of the molecule is Cc1ccc(N2C(=O)c3cc4sccc4n3C[C@]2(C)C(=O)N[C@H]2CCCC[C@H]2C)c(C)c1. The first-order valence-electron chi connectivity index (χ1n) is 11.6. The van der Waals surface area contributed by atoms with Crippen molar-refractivity contribution >= 4 is 39.1 Å². The largest absolute Gasteiger partial charge is 0.351 e. The van der Waals surface area contributed by atoms with E-state index in [9.17, 15) is 9.59 Å². The summed E-state index contributed by atoms with van der Waals surface area (Å²) in [5, 5.41) is 5.39. The topological polar surface area (TPSA) is 54.3 Å². The Morgan fingerprint density at radius 3 is 2.69 bits per heavy atom. The lowest BCUT2D eigenvalue weighted by Crippen LogP contribution is -2.66. The predicted octanol–water partition coefficient (Wildman–Crippen LogP) is 5.43. The number of hydrogen-bond acceptors (Lipinski definition) is 3. The van der Waals surface area contributed by atoms with Crippen molar-refractivity contribution in [3.8, 4) is 0 Å². The first kappa shape index (κ1) is 21.3. The van der Waals surface area contributed by atoms with Crippen LogP contribution >= 0.6 is 11.3 Å². The van der Waals surface area contributed by atoms with E-state index in [0.29, 0.717) is 18.2 Å². The van der Waals surface area contributed by atoms with Crippen LogP contribution in [0, 0.1) is 19.8 Å². The summed E-state index contributed by atoms with van der Waals surface area (Å²) in [6, 6.07) is 10.3. The van der Waals surface area contributed by atoms with Gasteiger partial charge in [-0.1, -0.05) is 37.5 Å². The van der Waals surface area contributed by atoms with E-state index in [2.05, 4.69) is 18.3 Å². The third-order valence-electron chi connectivity index (χ3n) is 7.41. The lowest BCUT2D eigenvalue weighted by Gasteiger charge is -2.45. The summed E-state index contributed by atoms with van der Waals surface area (Å²) in [5.41, 5.74) is 3.62. The van der Waals surface area contributed by atoms with Crippen LogP contribution < -0.4 is 10.2 Å². The van der Waals surface area contributed by atoms with E-state index in [1.165, 1.54) is 6.42 Å². The molecule has 6 heteroatoms. The normalized spacial score (nSPS) is 25.8. The molecule has 2 aliphatic rings. The highest BCUT2D eigenvalue weighted by Crippen LogP contribution is 2.39. The molecule has 1 saturated carbocycles. The van der Waals surface area contributed by atoms with Gasteiger partial charge in [0.25, 0.3) is 5.91 Å². The standard InChI is InChI=1S/C26H31N3O2S/c1-16-9-10-20(18(3)13-16)29-24(30)22-14-23-21(11-12-32-23)28(22)15-26(29,4)25(31)27-19-8-6-5-7-17(19)2/h9-14,17,19H,5-8,15H2,1-4H3,(H,27,31)/t17-,19+,26-/m1/s1. The van der Waals surface area contributed by atoms with Crippen LogP contribution in [0.5, 0.6) is 0 Å². The summed E-state index contributed by atoms with van der Waals surface area (Å²) >= 11 is 1.63. The molecule has 3 aromatic rings. The van der Waals surface area contributed by atoms with Gasteiger partial charge in [0.15, 0.2) is 0 Å². The van der Waals surface area contributed by atoms with Crippen LogP contribution in [0.2, 0.25) is 0 Å². The molecular weight excluding hydrogens is 418 g/mol. The molecule has 0 radical (unpaired) electrons. The number of hydrogen-bond donors (Lipinski definition) is 1. The highest BCUT2D eigenvalue weighted by atomic mass is 32.1. The summed E-state index contributed by atoms with van der Waals surface area (Å²) < 4.78 is 3.12. The zero-order valence-corrected chi connectivity index (χ0v) is 20.1. The van der Waals surface area contributed by atoms with Crippen molar-refractivity contribution in [2.75, 3.05) is 4.90 Å². The number of nitrogens with zero attached hydrogens (tertiary/aromatic N) is 2. The predicted molar refractivity (Wildman–Crippen MR) is 131 cm³/mol. The maximum Gasteiger partial charge on any atom is 0.275 e. The fourth-order valence-electron chi connectivity index (χ4n) is 5.50. The zero-order valence-electron chi connectivity index (χ0n) is 19.3. The van der Waals surface area contributed by atoms with Crippen LogP contribution in [0.25, 0.3) is 10.2 Å². The van der Waals surface area contributed by atoms with Crippen molar-refractivity contribution in [3.63, 3.8) is 0 Å². The van der Waals surface area contributed by atoms with E-state index < -0.39 is 5.54 Å². The number of nitrogens with one attached hydrogen (secondary N) is 1. The second-order valence-electron chi connectivity index (χ2n) is 9.83. The Kier molecular flexibility index (Phi) is 5.16. The molecular formula is C26H31N3O2S. The van der Waals surface area contributed by atoms with Crippen LogP contribution in [-0.2, 0) is 11.3 Å². The molecule has 1 N–H and O–H groups in total. The number of fused-ring (bicyclic) bond motifs is 3. The Morgan fingerprint density at radius 2 is 1.94 bits per heavy atom. The van der Waals surface area contributed by atoms with Crippen molar-refractivity contribution in [1.82, 2.24) is 9.88 Å². The van der Waals surface area contributed by atoms with E-state index in [4.69, 9.17) is 0 Å². The molecule has 0 spiro atoms. The molecule has 1 fully saturated rings. The van der Waals surface area contributed by atoms with E-state index in [0.717, 1.165) is 46.3 Å². The molecule has 0 unspecified atom stereocenters. The Morgan fingerprint density at radius 1 is 1.16 bits per heavy atom. The lowest BCUT2D eigenvalue weighted by molar-refractivity contribution is -0.127. The number of aromatic nitrogens is 1. The highest BCUT2D eigenvalue weighted by molar-refractivity contribution is 7.17. The molecule has 2 aromatic heterocycles. The molecule has 32 heavy (non-hydrogen) atoms. The third-order valence-corrected chi connectivity index (χ3v) is 8.27. The van der Waals surface area contributed by atoms with Gasteiger partial charge >= 0.3 is 0 Å². The molecule has 3 atom stereocenters. The lowest BCUT2D eigenvalue weighted by atomic mass is 9.84. The molecule has 0 saturated heterocycles.